The van der Waals surface area contributed by atoms with Gasteiger partial charge in [-0.1, -0.05) is 0 Å². The van der Waals surface area contributed by atoms with Gasteiger partial charge in [-0.05, 0) is 0 Å². The molecular formula is C14H7O2Se. The van der Waals surface area contributed by atoms with Crippen LogP contribution in [0.2, 0.25) is 0 Å². The van der Waals surface area contributed by atoms with Crippen molar-refractivity contribution < 1.29 is 9.59 Å². The molecule has 0 bridgehead atoms. The zero-order chi connectivity index (χ0) is 12.0. The van der Waals surface area contributed by atoms with Gasteiger partial charge >= 0.3 is 106 Å². The van der Waals surface area contributed by atoms with Crippen molar-refractivity contribution in [3.05, 3.63) is 64.7 Å². The van der Waals surface area contributed by atoms with Gasteiger partial charge in [0.15, 0.2) is 0 Å². The Morgan fingerprint density at radius 2 is 1.29 bits per heavy atom. The van der Waals surface area contributed by atoms with Gasteiger partial charge in [0.2, 0.25) is 0 Å². The zero-order valence-electron chi connectivity index (χ0n) is 8.77. The van der Waals surface area contributed by atoms with E-state index in [-0.39, 0.29) is 11.6 Å². The number of fused-ring (bicyclic) bond motifs is 2. The monoisotopic (exact) mass is 287 g/mol. The van der Waals surface area contributed by atoms with Crippen LogP contribution in [0.1, 0.15) is 31.8 Å². The van der Waals surface area contributed by atoms with Crippen LogP contribution in [0.4, 0.5) is 0 Å². The van der Waals surface area contributed by atoms with Gasteiger partial charge in [-0.2, -0.15) is 0 Å². The molecule has 0 heterocycles. The van der Waals surface area contributed by atoms with Gasteiger partial charge in [0, 0.05) is 0 Å². The average Bonchev–Trinajstić information content (AvgIpc) is 2.36. The van der Waals surface area contributed by atoms with E-state index in [1.165, 1.54) is 0 Å². The van der Waals surface area contributed by atoms with Crippen molar-refractivity contribution >= 4 is 32.0 Å². The van der Waals surface area contributed by atoms with Crippen LogP contribution in [0.5, 0.6) is 0 Å². The normalized spacial score (nSPS) is 13.2. The summed E-state index contributed by atoms with van der Waals surface area (Å²) in [6.07, 6.45) is 0. The fourth-order valence-electron chi connectivity index (χ4n) is 2.11. The quantitative estimate of drug-likeness (QED) is 0.583. The van der Waals surface area contributed by atoms with Crippen LogP contribution >= 0.6 is 0 Å². The Morgan fingerprint density at radius 3 is 2.00 bits per heavy atom. The molecule has 3 heteroatoms. The molecule has 2 aromatic carbocycles. The Kier molecular flexibility index (Phi) is 2.25. The Hall–Kier alpha value is -1.70. The van der Waals surface area contributed by atoms with Crippen LogP contribution in [0.3, 0.4) is 0 Å². The molecule has 2 nitrogen and oxygen atoms in total. The first-order valence-electron chi connectivity index (χ1n) is 5.18. The average molecular weight is 286 g/mol. The first-order valence-corrected chi connectivity index (χ1v) is 6.04. The Labute approximate surface area is 106 Å². The molecule has 0 fully saturated rings. The van der Waals surface area contributed by atoms with Gasteiger partial charge in [0.1, 0.15) is 0 Å². The minimum absolute atomic E-state index is 0.0766. The second-order valence-corrected chi connectivity index (χ2v) is 4.81. The summed E-state index contributed by atoms with van der Waals surface area (Å²) in [5, 5.41) is 0. The summed E-state index contributed by atoms with van der Waals surface area (Å²) in [6, 6.07) is 12.2. The topological polar surface area (TPSA) is 34.1 Å². The summed E-state index contributed by atoms with van der Waals surface area (Å²) in [7, 11) is 0. The number of rotatable bonds is 0. The SMILES string of the molecule is O=C1c2ccccc2C(=O)c2c([Se])cccc21. The molecule has 0 N–H and O–H groups in total. The summed E-state index contributed by atoms with van der Waals surface area (Å²) in [6.45, 7) is 0. The van der Waals surface area contributed by atoms with Crippen LogP contribution in [0.15, 0.2) is 42.5 Å². The van der Waals surface area contributed by atoms with Gasteiger partial charge in [-0.3, -0.25) is 0 Å². The van der Waals surface area contributed by atoms with Gasteiger partial charge < -0.3 is 0 Å². The van der Waals surface area contributed by atoms with Crippen molar-refractivity contribution in [1.29, 1.82) is 0 Å². The van der Waals surface area contributed by atoms with Gasteiger partial charge in [-0.15, -0.1) is 0 Å². The second-order valence-electron chi connectivity index (χ2n) is 3.88. The van der Waals surface area contributed by atoms with Crippen molar-refractivity contribution in [3.63, 3.8) is 0 Å². The maximum atomic E-state index is 12.3. The third-order valence-electron chi connectivity index (χ3n) is 2.91. The molecule has 1 aliphatic carbocycles. The number of hydrogen-bond acceptors (Lipinski definition) is 2. The van der Waals surface area contributed by atoms with E-state index in [4.69, 9.17) is 0 Å². The summed E-state index contributed by atoms with van der Waals surface area (Å²) in [5.41, 5.74) is 1.98. The third kappa shape index (κ3) is 1.40. The summed E-state index contributed by atoms with van der Waals surface area (Å²) in [5.74, 6) is -0.156. The van der Waals surface area contributed by atoms with E-state index in [1.807, 2.05) is 0 Å². The van der Waals surface area contributed by atoms with Crippen LogP contribution in [-0.4, -0.2) is 27.6 Å². The van der Waals surface area contributed by atoms with E-state index in [2.05, 4.69) is 16.0 Å². The standard InChI is InChI=1S/C14H7O2Se/c15-13-8-4-1-2-5-9(8)14(16)12-10(13)6-3-7-11(12)17/h1-7H. The molecule has 0 aromatic heterocycles. The first-order chi connectivity index (χ1) is 8.20. The van der Waals surface area contributed by atoms with Crippen molar-refractivity contribution in [3.8, 4) is 0 Å². The predicted octanol–water partition coefficient (Wildman–Crippen LogP) is 1.26. The number of benzene rings is 2. The fourth-order valence-corrected chi connectivity index (χ4v) is 2.70. The van der Waals surface area contributed by atoms with Crippen LogP contribution in [0.25, 0.3) is 0 Å². The number of ketones is 2. The summed E-state index contributed by atoms with van der Waals surface area (Å²) in [4.78, 5) is 24.5. The second kappa shape index (κ2) is 3.66. The first kappa shape index (κ1) is 10.5. The molecule has 17 heavy (non-hydrogen) atoms. The molecule has 3 rings (SSSR count). The molecule has 1 aliphatic rings. The van der Waals surface area contributed by atoms with E-state index >= 15 is 0 Å². The molecule has 0 amide bonds. The Balaban J connectivity index is 2.37. The Morgan fingerprint density at radius 1 is 0.706 bits per heavy atom. The fraction of sp³-hybridized carbons (Fsp3) is 0. The minimum atomic E-state index is -0.0791. The number of carbonyl (C=O) groups is 2. The molecule has 0 aliphatic heterocycles. The maximum absolute atomic E-state index is 12.3. The van der Waals surface area contributed by atoms with E-state index < -0.39 is 0 Å². The van der Waals surface area contributed by atoms with Crippen LogP contribution < -0.4 is 4.46 Å². The third-order valence-corrected chi connectivity index (χ3v) is 3.63. The number of hydrogen-bond donors (Lipinski definition) is 0. The van der Waals surface area contributed by atoms with Gasteiger partial charge in [0.05, 0.1) is 0 Å². The molecular weight excluding hydrogens is 279 g/mol. The van der Waals surface area contributed by atoms with E-state index in [0.29, 0.717) is 22.3 Å². The number of carbonyl (C=O) groups excluding carboxylic acids is 2. The zero-order valence-corrected chi connectivity index (χ0v) is 10.5. The molecule has 0 unspecified atom stereocenters. The van der Waals surface area contributed by atoms with E-state index in [9.17, 15) is 9.59 Å². The molecule has 0 saturated heterocycles. The van der Waals surface area contributed by atoms with Crippen LogP contribution in [-0.2, 0) is 0 Å². The van der Waals surface area contributed by atoms with Crippen molar-refractivity contribution in [1.82, 2.24) is 0 Å². The molecule has 2 aromatic rings. The van der Waals surface area contributed by atoms with Crippen molar-refractivity contribution in [2.75, 3.05) is 0 Å². The van der Waals surface area contributed by atoms with Gasteiger partial charge in [-0.25, -0.2) is 0 Å². The molecule has 0 spiro atoms. The van der Waals surface area contributed by atoms with E-state index in [0.717, 1.165) is 4.46 Å². The molecule has 81 valence electrons. The molecule has 0 saturated carbocycles. The Bertz CT molecular complexity index is 659. The van der Waals surface area contributed by atoms with Crippen LogP contribution in [0, 0.1) is 0 Å². The molecule has 0 atom stereocenters. The van der Waals surface area contributed by atoms with Crippen molar-refractivity contribution in [2.45, 2.75) is 0 Å². The summed E-state index contributed by atoms with van der Waals surface area (Å²) >= 11 is 2.84. The predicted molar refractivity (Wildman–Crippen MR) is 65.1 cm³/mol. The van der Waals surface area contributed by atoms with Crippen molar-refractivity contribution in [2.24, 2.45) is 0 Å². The molecule has 1 radical (unpaired) electrons. The van der Waals surface area contributed by atoms with E-state index in [1.54, 1.807) is 42.5 Å². The van der Waals surface area contributed by atoms with Gasteiger partial charge in [0.25, 0.3) is 0 Å². The summed E-state index contributed by atoms with van der Waals surface area (Å²) < 4.78 is 0.732.